The third-order valence-corrected chi connectivity index (χ3v) is 4.49. The molecule has 1 aromatic heterocycles. The second-order valence-corrected chi connectivity index (χ2v) is 5.87. The Morgan fingerprint density at radius 2 is 2.10 bits per heavy atom. The maximum Gasteiger partial charge on any atom is 0.331 e. The van der Waals surface area contributed by atoms with Crippen molar-refractivity contribution in [2.75, 3.05) is 5.75 Å². The van der Waals surface area contributed by atoms with E-state index in [-0.39, 0.29) is 11.3 Å². The van der Waals surface area contributed by atoms with Gasteiger partial charge in [-0.05, 0) is 18.9 Å². The van der Waals surface area contributed by atoms with Crippen LogP contribution >= 0.6 is 11.8 Å². The van der Waals surface area contributed by atoms with Crippen molar-refractivity contribution in [1.82, 2.24) is 9.13 Å². The first-order valence-electron chi connectivity index (χ1n) is 6.95. The Balaban J connectivity index is 2.74. The average molecular weight is 310 g/mol. The van der Waals surface area contributed by atoms with Gasteiger partial charge in [0, 0.05) is 24.4 Å². The van der Waals surface area contributed by atoms with Crippen LogP contribution in [0.5, 0.6) is 0 Å². The molecule has 1 aromatic rings. The maximum atomic E-state index is 12.5. The molecular formula is C14H18N2O4S. The van der Waals surface area contributed by atoms with E-state index in [1.807, 2.05) is 6.92 Å². The van der Waals surface area contributed by atoms with Crippen molar-refractivity contribution in [3.63, 3.8) is 0 Å². The summed E-state index contributed by atoms with van der Waals surface area (Å²) in [6.45, 7) is 4.52. The van der Waals surface area contributed by atoms with E-state index in [1.54, 1.807) is 11.5 Å². The predicted molar refractivity (Wildman–Crippen MR) is 81.9 cm³/mol. The van der Waals surface area contributed by atoms with Crippen molar-refractivity contribution in [2.24, 2.45) is 0 Å². The van der Waals surface area contributed by atoms with E-state index in [4.69, 9.17) is 5.11 Å². The second-order valence-electron chi connectivity index (χ2n) is 4.79. The number of nitrogens with zero attached hydrogens (tertiary/aromatic N) is 2. The van der Waals surface area contributed by atoms with E-state index in [1.165, 1.54) is 22.4 Å². The number of carboxylic acids is 1. The molecule has 2 heterocycles. The molecule has 114 valence electrons. The number of aromatic nitrogens is 2. The molecule has 0 fully saturated rings. The minimum absolute atomic E-state index is 0.170. The Labute approximate surface area is 126 Å². The molecule has 0 atom stereocenters. The molecule has 6 nitrogen and oxygen atoms in total. The zero-order valence-corrected chi connectivity index (χ0v) is 12.9. The molecule has 0 amide bonds. The molecule has 0 aliphatic carbocycles. The van der Waals surface area contributed by atoms with Crippen molar-refractivity contribution in [3.8, 4) is 0 Å². The lowest BCUT2D eigenvalue weighted by Crippen LogP contribution is -2.41. The zero-order chi connectivity index (χ0) is 15.6. The first-order chi connectivity index (χ1) is 10.0. The van der Waals surface area contributed by atoms with Crippen LogP contribution in [-0.2, 0) is 17.9 Å². The van der Waals surface area contributed by atoms with E-state index in [0.29, 0.717) is 36.5 Å². The Morgan fingerprint density at radius 1 is 1.38 bits per heavy atom. The fraction of sp³-hybridized carbons (Fsp3) is 0.500. The quantitative estimate of drug-likeness (QED) is 0.657. The van der Waals surface area contributed by atoms with Crippen LogP contribution in [0, 0.1) is 0 Å². The lowest BCUT2D eigenvalue weighted by Gasteiger charge is -2.11. The van der Waals surface area contributed by atoms with Gasteiger partial charge in [-0.1, -0.05) is 13.8 Å². The summed E-state index contributed by atoms with van der Waals surface area (Å²) < 4.78 is 2.78. The van der Waals surface area contributed by atoms with Crippen molar-refractivity contribution in [2.45, 2.75) is 44.8 Å². The normalized spacial score (nSPS) is 14.3. The van der Waals surface area contributed by atoms with Crippen molar-refractivity contribution in [1.29, 1.82) is 0 Å². The van der Waals surface area contributed by atoms with Crippen molar-refractivity contribution in [3.05, 3.63) is 32.0 Å². The summed E-state index contributed by atoms with van der Waals surface area (Å²) in [5, 5.41) is 9.74. The van der Waals surface area contributed by atoms with Gasteiger partial charge < -0.3 is 5.11 Å². The molecule has 1 aliphatic heterocycles. The summed E-state index contributed by atoms with van der Waals surface area (Å²) in [5.41, 5.74) is -0.198. The molecule has 0 unspecified atom stereocenters. The number of carboxylic acid groups (broad SMARTS) is 1. The van der Waals surface area contributed by atoms with Gasteiger partial charge in [0.15, 0.2) is 0 Å². The van der Waals surface area contributed by atoms with Crippen LogP contribution in [0.4, 0.5) is 0 Å². The molecule has 0 saturated carbocycles. The van der Waals surface area contributed by atoms with Gasteiger partial charge in [0.25, 0.3) is 5.56 Å². The van der Waals surface area contributed by atoms with E-state index < -0.39 is 11.5 Å². The third kappa shape index (κ3) is 2.83. The third-order valence-electron chi connectivity index (χ3n) is 3.39. The Morgan fingerprint density at radius 3 is 2.67 bits per heavy atom. The van der Waals surface area contributed by atoms with Crippen LogP contribution < -0.4 is 11.2 Å². The fourth-order valence-corrected chi connectivity index (χ4v) is 3.42. The number of hydrogen-bond acceptors (Lipinski definition) is 4. The summed E-state index contributed by atoms with van der Waals surface area (Å²) in [6.07, 6.45) is 2.41. The van der Waals surface area contributed by atoms with Crippen LogP contribution in [0.25, 0.3) is 6.08 Å². The smallest absolute Gasteiger partial charge is 0.331 e. The van der Waals surface area contributed by atoms with Crippen LogP contribution in [0.2, 0.25) is 0 Å². The number of aliphatic carboxylic acids is 1. The highest BCUT2D eigenvalue weighted by Gasteiger charge is 2.22. The summed E-state index contributed by atoms with van der Waals surface area (Å²) in [6, 6.07) is 0. The number of rotatable bonds is 5. The molecule has 0 aromatic carbocycles. The molecule has 0 spiro atoms. The first-order valence-corrected chi connectivity index (χ1v) is 7.94. The van der Waals surface area contributed by atoms with Gasteiger partial charge >= 0.3 is 11.7 Å². The van der Waals surface area contributed by atoms with Crippen LogP contribution in [0.1, 0.15) is 32.3 Å². The van der Waals surface area contributed by atoms with Gasteiger partial charge in [0.1, 0.15) is 0 Å². The monoisotopic (exact) mass is 310 g/mol. The Bertz CT molecular complexity index is 715. The Hall–Kier alpha value is -1.76. The SMILES string of the molecule is CCCn1c(=O)c(/C=C(\CC)C(=O)O)c2n(c1=O)CCS2. The number of hydrogen-bond donors (Lipinski definition) is 1. The lowest BCUT2D eigenvalue weighted by molar-refractivity contribution is -0.132. The van der Waals surface area contributed by atoms with Crippen LogP contribution in [0.3, 0.4) is 0 Å². The molecule has 0 bridgehead atoms. The van der Waals surface area contributed by atoms with Crippen LogP contribution in [-0.4, -0.2) is 26.0 Å². The van der Waals surface area contributed by atoms with E-state index in [0.717, 1.165) is 5.75 Å². The molecule has 1 aliphatic rings. The van der Waals surface area contributed by atoms with Gasteiger partial charge in [-0.3, -0.25) is 13.9 Å². The van der Waals surface area contributed by atoms with Crippen molar-refractivity contribution >= 4 is 23.8 Å². The predicted octanol–water partition coefficient (Wildman–Crippen LogP) is 1.40. The van der Waals surface area contributed by atoms with Crippen molar-refractivity contribution < 1.29 is 9.90 Å². The zero-order valence-electron chi connectivity index (χ0n) is 12.1. The van der Waals surface area contributed by atoms with E-state index in [9.17, 15) is 14.4 Å². The number of fused-ring (bicyclic) bond motifs is 1. The highest BCUT2D eigenvalue weighted by Crippen LogP contribution is 2.27. The summed E-state index contributed by atoms with van der Waals surface area (Å²) in [7, 11) is 0. The second kappa shape index (κ2) is 6.34. The standard InChI is InChI=1S/C14H18N2O4S/c1-3-5-15-11(17)10(8-9(4-2)13(18)19)12-16(14(15)20)6-7-21-12/h8H,3-7H2,1-2H3,(H,18,19)/b9-8+. The lowest BCUT2D eigenvalue weighted by atomic mass is 10.1. The molecule has 1 N–H and O–H groups in total. The first kappa shape index (κ1) is 15.6. The van der Waals surface area contributed by atoms with E-state index >= 15 is 0 Å². The molecule has 0 saturated heterocycles. The molecule has 0 radical (unpaired) electrons. The highest BCUT2D eigenvalue weighted by atomic mass is 32.2. The highest BCUT2D eigenvalue weighted by molar-refractivity contribution is 7.99. The Kier molecular flexibility index (Phi) is 4.72. The van der Waals surface area contributed by atoms with Gasteiger partial charge in [0.05, 0.1) is 10.6 Å². The molecule has 2 rings (SSSR count). The van der Waals surface area contributed by atoms with Gasteiger partial charge in [0.2, 0.25) is 0 Å². The minimum atomic E-state index is -1.04. The molecule has 21 heavy (non-hydrogen) atoms. The molecule has 7 heteroatoms. The van der Waals surface area contributed by atoms with E-state index in [2.05, 4.69) is 0 Å². The minimum Gasteiger partial charge on any atom is -0.478 e. The topological polar surface area (TPSA) is 81.3 Å². The average Bonchev–Trinajstić information content (AvgIpc) is 2.92. The van der Waals surface area contributed by atoms with Gasteiger partial charge in [-0.2, -0.15) is 0 Å². The number of thioether (sulfide) groups is 1. The van der Waals surface area contributed by atoms with Gasteiger partial charge in [-0.25, -0.2) is 9.59 Å². The van der Waals surface area contributed by atoms with Gasteiger partial charge in [-0.15, -0.1) is 11.8 Å². The summed E-state index contributed by atoms with van der Waals surface area (Å²) in [5.74, 6) is -0.313. The number of carbonyl (C=O) groups is 1. The summed E-state index contributed by atoms with van der Waals surface area (Å²) in [4.78, 5) is 36.0. The fourth-order valence-electron chi connectivity index (χ4n) is 2.32. The summed E-state index contributed by atoms with van der Waals surface area (Å²) >= 11 is 1.43. The maximum absolute atomic E-state index is 12.5. The largest absolute Gasteiger partial charge is 0.478 e. The van der Waals surface area contributed by atoms with Crippen LogP contribution in [0.15, 0.2) is 20.2 Å². The molecular weight excluding hydrogens is 292 g/mol.